The Balaban J connectivity index is 1.22. The number of anilines is 2. The molecular weight excluding hydrogens is 388 g/mol. The van der Waals surface area contributed by atoms with Gasteiger partial charge in [0.15, 0.2) is 0 Å². The molecule has 1 aromatic carbocycles. The fraction of sp³-hybridized carbons (Fsp3) is 0.542. The van der Waals surface area contributed by atoms with Crippen LogP contribution in [0.3, 0.4) is 0 Å². The summed E-state index contributed by atoms with van der Waals surface area (Å²) < 4.78 is 0. The van der Waals surface area contributed by atoms with Gasteiger partial charge >= 0.3 is 0 Å². The Morgan fingerprint density at radius 1 is 1.03 bits per heavy atom. The van der Waals surface area contributed by atoms with Gasteiger partial charge in [0.25, 0.3) is 5.91 Å². The van der Waals surface area contributed by atoms with Gasteiger partial charge in [-0.2, -0.15) is 0 Å². The standard InChI is InChI=1S/C24H34N6O/c1-28(2)23(31)20-6-8-22(9-7-20)29-15-10-21(11-16-29)27-17-19-5-3-14-30(18-19)24-25-12-4-13-26-24/h4,6-9,12-13,19,21,27H,3,5,10-11,14-18H2,1-2H3/t19-/m0/s1. The van der Waals surface area contributed by atoms with Crippen molar-refractivity contribution in [2.75, 3.05) is 56.6 Å². The van der Waals surface area contributed by atoms with Crippen LogP contribution in [0, 0.1) is 5.92 Å². The van der Waals surface area contributed by atoms with Gasteiger partial charge in [0.2, 0.25) is 5.95 Å². The van der Waals surface area contributed by atoms with E-state index in [1.165, 1.54) is 18.5 Å². The molecule has 2 fully saturated rings. The third-order valence-corrected chi connectivity index (χ3v) is 6.43. The number of piperidine rings is 2. The maximum absolute atomic E-state index is 12.1. The van der Waals surface area contributed by atoms with E-state index < -0.39 is 0 Å². The number of hydrogen-bond acceptors (Lipinski definition) is 6. The van der Waals surface area contributed by atoms with Crippen LogP contribution in [0.1, 0.15) is 36.0 Å². The summed E-state index contributed by atoms with van der Waals surface area (Å²) in [5.74, 6) is 1.56. The van der Waals surface area contributed by atoms with Crippen molar-refractivity contribution in [1.29, 1.82) is 0 Å². The van der Waals surface area contributed by atoms with Crippen molar-refractivity contribution in [2.45, 2.75) is 31.7 Å². The molecule has 0 saturated carbocycles. The first kappa shape index (κ1) is 21.6. The molecule has 7 nitrogen and oxygen atoms in total. The van der Waals surface area contributed by atoms with Crippen molar-refractivity contribution in [1.82, 2.24) is 20.2 Å². The molecule has 2 saturated heterocycles. The highest BCUT2D eigenvalue weighted by Crippen LogP contribution is 2.23. The van der Waals surface area contributed by atoms with Crippen molar-refractivity contribution in [3.05, 3.63) is 48.3 Å². The minimum atomic E-state index is 0.0505. The van der Waals surface area contributed by atoms with Crippen molar-refractivity contribution in [2.24, 2.45) is 5.92 Å². The van der Waals surface area contributed by atoms with E-state index in [-0.39, 0.29) is 5.91 Å². The van der Waals surface area contributed by atoms with Gasteiger partial charge in [0.05, 0.1) is 0 Å². The minimum Gasteiger partial charge on any atom is -0.371 e. The molecule has 0 spiro atoms. The smallest absolute Gasteiger partial charge is 0.253 e. The van der Waals surface area contributed by atoms with Crippen LogP contribution in [-0.2, 0) is 0 Å². The third-order valence-electron chi connectivity index (χ3n) is 6.43. The number of carbonyl (C=O) groups excluding carboxylic acids is 1. The fourth-order valence-electron chi connectivity index (χ4n) is 4.62. The molecule has 1 N–H and O–H groups in total. The van der Waals surface area contributed by atoms with Crippen molar-refractivity contribution >= 4 is 17.5 Å². The molecule has 3 heterocycles. The molecule has 166 valence electrons. The molecule has 0 radical (unpaired) electrons. The first-order valence-corrected chi connectivity index (χ1v) is 11.4. The molecule has 0 unspecified atom stereocenters. The van der Waals surface area contributed by atoms with Gasteiger partial charge in [-0.1, -0.05) is 0 Å². The molecule has 2 aliphatic rings. The molecule has 1 amide bonds. The first-order chi connectivity index (χ1) is 15.1. The highest BCUT2D eigenvalue weighted by molar-refractivity contribution is 5.94. The Bertz CT molecular complexity index is 833. The molecule has 1 aromatic heterocycles. The van der Waals surface area contributed by atoms with E-state index in [2.05, 4.69) is 37.2 Å². The van der Waals surface area contributed by atoms with Crippen LogP contribution < -0.4 is 15.1 Å². The predicted molar refractivity (Wildman–Crippen MR) is 125 cm³/mol. The zero-order valence-electron chi connectivity index (χ0n) is 18.7. The van der Waals surface area contributed by atoms with Gasteiger partial charge in [0.1, 0.15) is 0 Å². The lowest BCUT2D eigenvalue weighted by Crippen LogP contribution is -2.46. The third kappa shape index (κ3) is 5.53. The highest BCUT2D eigenvalue weighted by Gasteiger charge is 2.24. The van der Waals surface area contributed by atoms with Gasteiger partial charge in [0, 0.05) is 70.0 Å². The lowest BCUT2D eigenvalue weighted by molar-refractivity contribution is 0.0827. The number of amides is 1. The maximum Gasteiger partial charge on any atom is 0.253 e. The summed E-state index contributed by atoms with van der Waals surface area (Å²) in [6.45, 7) is 5.25. The Hall–Kier alpha value is -2.67. The average Bonchev–Trinajstić information content (AvgIpc) is 2.83. The monoisotopic (exact) mass is 422 g/mol. The molecule has 7 heteroatoms. The van der Waals surface area contributed by atoms with Crippen LogP contribution in [0.25, 0.3) is 0 Å². The summed E-state index contributed by atoms with van der Waals surface area (Å²) in [6, 6.07) is 10.5. The number of aromatic nitrogens is 2. The summed E-state index contributed by atoms with van der Waals surface area (Å²) in [6.07, 6.45) is 8.42. The molecular formula is C24H34N6O. The summed E-state index contributed by atoms with van der Waals surface area (Å²) in [7, 11) is 3.57. The van der Waals surface area contributed by atoms with Crippen LogP contribution in [0.5, 0.6) is 0 Å². The zero-order chi connectivity index (χ0) is 21.6. The second-order valence-corrected chi connectivity index (χ2v) is 8.92. The average molecular weight is 423 g/mol. The van der Waals surface area contributed by atoms with Crippen LogP contribution in [0.15, 0.2) is 42.7 Å². The van der Waals surface area contributed by atoms with Crippen molar-refractivity contribution in [3.63, 3.8) is 0 Å². The molecule has 2 aromatic rings. The van der Waals surface area contributed by atoms with Crippen molar-refractivity contribution < 1.29 is 4.79 Å². The Morgan fingerprint density at radius 3 is 2.42 bits per heavy atom. The Labute approximate surface area is 185 Å². The van der Waals surface area contributed by atoms with E-state index in [4.69, 9.17) is 0 Å². The summed E-state index contributed by atoms with van der Waals surface area (Å²) in [4.78, 5) is 27.3. The van der Waals surface area contributed by atoms with Gasteiger partial charge in [-0.25, -0.2) is 9.97 Å². The Kier molecular flexibility index (Phi) is 7.02. The second kappa shape index (κ2) is 10.1. The number of nitrogens with one attached hydrogen (secondary N) is 1. The van der Waals surface area contributed by atoms with Crippen LogP contribution >= 0.6 is 0 Å². The fourth-order valence-corrected chi connectivity index (χ4v) is 4.62. The predicted octanol–water partition coefficient (Wildman–Crippen LogP) is 2.65. The molecule has 0 bridgehead atoms. The summed E-state index contributed by atoms with van der Waals surface area (Å²) >= 11 is 0. The van der Waals surface area contributed by atoms with Crippen LogP contribution in [0.4, 0.5) is 11.6 Å². The molecule has 2 aliphatic heterocycles. The Morgan fingerprint density at radius 2 is 1.74 bits per heavy atom. The van der Waals surface area contributed by atoms with E-state index in [9.17, 15) is 4.79 Å². The molecule has 31 heavy (non-hydrogen) atoms. The van der Waals surface area contributed by atoms with Gasteiger partial charge in [-0.15, -0.1) is 0 Å². The first-order valence-electron chi connectivity index (χ1n) is 11.4. The largest absolute Gasteiger partial charge is 0.371 e. The molecule has 1 atom stereocenters. The quantitative estimate of drug-likeness (QED) is 0.772. The van der Waals surface area contributed by atoms with E-state index in [0.717, 1.165) is 57.1 Å². The van der Waals surface area contributed by atoms with Crippen LogP contribution in [-0.4, -0.2) is 73.6 Å². The maximum atomic E-state index is 12.1. The SMILES string of the molecule is CN(C)C(=O)c1ccc(N2CCC(NC[C@@H]3CCCN(c4ncccn4)C3)CC2)cc1. The van der Waals surface area contributed by atoms with Gasteiger partial charge in [-0.05, 0) is 68.5 Å². The number of benzene rings is 1. The number of nitrogens with zero attached hydrogens (tertiary/aromatic N) is 5. The number of carbonyl (C=O) groups is 1. The lowest BCUT2D eigenvalue weighted by atomic mass is 9.96. The van der Waals surface area contributed by atoms with E-state index in [0.29, 0.717) is 12.0 Å². The van der Waals surface area contributed by atoms with Gasteiger partial charge in [-0.3, -0.25) is 4.79 Å². The summed E-state index contributed by atoms with van der Waals surface area (Å²) in [5, 5.41) is 3.83. The molecule has 4 rings (SSSR count). The van der Waals surface area contributed by atoms with E-state index in [1.54, 1.807) is 19.0 Å². The van der Waals surface area contributed by atoms with Crippen LogP contribution in [0.2, 0.25) is 0 Å². The lowest BCUT2D eigenvalue weighted by Gasteiger charge is -2.36. The van der Waals surface area contributed by atoms with E-state index in [1.807, 2.05) is 30.6 Å². The van der Waals surface area contributed by atoms with Crippen molar-refractivity contribution in [3.8, 4) is 0 Å². The normalized spacial score (nSPS) is 20.0. The van der Waals surface area contributed by atoms with Gasteiger partial charge < -0.3 is 20.0 Å². The highest BCUT2D eigenvalue weighted by atomic mass is 16.2. The van der Waals surface area contributed by atoms with E-state index >= 15 is 0 Å². The topological polar surface area (TPSA) is 64.6 Å². The zero-order valence-corrected chi connectivity index (χ0v) is 18.7. The second-order valence-electron chi connectivity index (χ2n) is 8.92. The number of rotatable bonds is 6. The molecule has 0 aliphatic carbocycles. The number of hydrogen-bond donors (Lipinski definition) is 1. The summed E-state index contributed by atoms with van der Waals surface area (Å²) in [5.41, 5.74) is 1.95. The minimum absolute atomic E-state index is 0.0505.